The van der Waals surface area contributed by atoms with Crippen molar-refractivity contribution in [2.75, 3.05) is 30.3 Å². The second-order valence-corrected chi connectivity index (χ2v) is 5.49. The van der Waals surface area contributed by atoms with E-state index in [4.69, 9.17) is 10.5 Å². The molecule has 1 aromatic rings. The molecule has 1 fully saturated rings. The summed E-state index contributed by atoms with van der Waals surface area (Å²) in [5, 5.41) is 9.30. The van der Waals surface area contributed by atoms with E-state index in [1.165, 1.54) is 0 Å². The standard InChI is InChI=1S/C13H21N3O2/c1-9-4-11(14)12(15-5-9)16-6-10(7-17)18-13(2,3)8-16/h4-5,10,17H,6-8,14H2,1-3H3. The average molecular weight is 251 g/mol. The van der Waals surface area contributed by atoms with Gasteiger partial charge in [-0.3, -0.25) is 0 Å². The molecule has 1 aliphatic rings. The lowest BCUT2D eigenvalue weighted by molar-refractivity contribution is -0.101. The van der Waals surface area contributed by atoms with Gasteiger partial charge < -0.3 is 20.5 Å². The Morgan fingerprint density at radius 2 is 2.33 bits per heavy atom. The molecule has 0 aromatic carbocycles. The SMILES string of the molecule is Cc1cnc(N2CC(CO)OC(C)(C)C2)c(N)c1. The summed E-state index contributed by atoms with van der Waals surface area (Å²) in [7, 11) is 0. The molecule has 100 valence electrons. The Morgan fingerprint density at radius 1 is 1.61 bits per heavy atom. The number of ether oxygens (including phenoxy) is 1. The summed E-state index contributed by atoms with van der Waals surface area (Å²) in [6.07, 6.45) is 1.61. The van der Waals surface area contributed by atoms with Crippen LogP contribution in [-0.2, 0) is 4.74 Å². The van der Waals surface area contributed by atoms with E-state index >= 15 is 0 Å². The van der Waals surface area contributed by atoms with E-state index < -0.39 is 0 Å². The maximum absolute atomic E-state index is 9.30. The van der Waals surface area contributed by atoms with Crippen LogP contribution in [0, 0.1) is 6.92 Å². The van der Waals surface area contributed by atoms with Gasteiger partial charge in [-0.15, -0.1) is 0 Å². The maximum Gasteiger partial charge on any atom is 0.151 e. The van der Waals surface area contributed by atoms with Gasteiger partial charge in [0, 0.05) is 19.3 Å². The minimum Gasteiger partial charge on any atom is -0.396 e. The lowest BCUT2D eigenvalue weighted by Gasteiger charge is -2.43. The molecule has 0 bridgehead atoms. The first-order valence-electron chi connectivity index (χ1n) is 6.17. The summed E-state index contributed by atoms with van der Waals surface area (Å²) in [5.41, 5.74) is 7.42. The molecule has 1 atom stereocenters. The Labute approximate surface area is 108 Å². The zero-order valence-corrected chi connectivity index (χ0v) is 11.2. The van der Waals surface area contributed by atoms with Crippen molar-refractivity contribution in [1.82, 2.24) is 4.98 Å². The van der Waals surface area contributed by atoms with Gasteiger partial charge in [-0.25, -0.2) is 4.98 Å². The van der Waals surface area contributed by atoms with Gasteiger partial charge in [0.1, 0.15) is 0 Å². The summed E-state index contributed by atoms with van der Waals surface area (Å²) in [4.78, 5) is 6.48. The van der Waals surface area contributed by atoms with Crippen LogP contribution in [0.4, 0.5) is 11.5 Å². The molecule has 1 saturated heterocycles. The highest BCUT2D eigenvalue weighted by molar-refractivity contribution is 5.63. The van der Waals surface area contributed by atoms with E-state index in [0.29, 0.717) is 18.8 Å². The number of rotatable bonds is 2. The van der Waals surface area contributed by atoms with Crippen molar-refractivity contribution in [3.63, 3.8) is 0 Å². The molecule has 5 nitrogen and oxygen atoms in total. The number of aromatic nitrogens is 1. The number of anilines is 2. The first-order chi connectivity index (χ1) is 8.41. The van der Waals surface area contributed by atoms with Gasteiger partial charge >= 0.3 is 0 Å². The number of aryl methyl sites for hydroxylation is 1. The van der Waals surface area contributed by atoms with E-state index in [1.54, 1.807) is 0 Å². The van der Waals surface area contributed by atoms with Crippen molar-refractivity contribution in [3.8, 4) is 0 Å². The molecule has 2 rings (SSSR count). The van der Waals surface area contributed by atoms with Gasteiger partial charge in [-0.2, -0.15) is 0 Å². The van der Waals surface area contributed by atoms with E-state index in [9.17, 15) is 5.11 Å². The number of hydrogen-bond acceptors (Lipinski definition) is 5. The largest absolute Gasteiger partial charge is 0.396 e. The second kappa shape index (κ2) is 4.74. The maximum atomic E-state index is 9.30. The van der Waals surface area contributed by atoms with Crippen molar-refractivity contribution in [2.45, 2.75) is 32.5 Å². The second-order valence-electron chi connectivity index (χ2n) is 5.49. The first kappa shape index (κ1) is 13.1. The van der Waals surface area contributed by atoms with Crippen molar-refractivity contribution in [1.29, 1.82) is 0 Å². The first-order valence-corrected chi connectivity index (χ1v) is 6.17. The summed E-state index contributed by atoms with van der Waals surface area (Å²) in [6, 6.07) is 1.92. The Morgan fingerprint density at radius 3 is 2.94 bits per heavy atom. The van der Waals surface area contributed by atoms with Crippen molar-refractivity contribution in [3.05, 3.63) is 17.8 Å². The van der Waals surface area contributed by atoms with Crippen LogP contribution >= 0.6 is 0 Å². The number of aliphatic hydroxyl groups is 1. The summed E-state index contributed by atoms with van der Waals surface area (Å²) < 4.78 is 5.78. The molecule has 0 aliphatic carbocycles. The molecular weight excluding hydrogens is 230 g/mol. The number of nitrogen functional groups attached to an aromatic ring is 1. The van der Waals surface area contributed by atoms with Gasteiger partial charge in [0.15, 0.2) is 5.82 Å². The van der Waals surface area contributed by atoms with Crippen molar-refractivity contribution < 1.29 is 9.84 Å². The number of nitrogens with two attached hydrogens (primary N) is 1. The van der Waals surface area contributed by atoms with Crippen LogP contribution < -0.4 is 10.6 Å². The Bertz CT molecular complexity index is 434. The molecule has 0 spiro atoms. The van der Waals surface area contributed by atoms with Gasteiger partial charge in [-0.05, 0) is 32.4 Å². The van der Waals surface area contributed by atoms with Crippen LogP contribution in [0.2, 0.25) is 0 Å². The normalized spacial score (nSPS) is 23.1. The Kier molecular flexibility index (Phi) is 3.45. The third-order valence-corrected chi connectivity index (χ3v) is 3.02. The topological polar surface area (TPSA) is 71.6 Å². The van der Waals surface area contributed by atoms with Crippen LogP contribution in [0.3, 0.4) is 0 Å². The van der Waals surface area contributed by atoms with Gasteiger partial charge in [0.05, 0.1) is 24.0 Å². The van der Waals surface area contributed by atoms with E-state index in [1.807, 2.05) is 33.0 Å². The summed E-state index contributed by atoms with van der Waals surface area (Å²) >= 11 is 0. The highest BCUT2D eigenvalue weighted by Gasteiger charge is 2.34. The molecule has 5 heteroatoms. The molecule has 18 heavy (non-hydrogen) atoms. The van der Waals surface area contributed by atoms with Crippen LogP contribution in [-0.4, -0.2) is 41.5 Å². The van der Waals surface area contributed by atoms with Crippen LogP contribution in [0.1, 0.15) is 19.4 Å². The fraction of sp³-hybridized carbons (Fsp3) is 0.615. The molecule has 1 unspecified atom stereocenters. The Hall–Kier alpha value is -1.33. The number of nitrogens with zero attached hydrogens (tertiary/aromatic N) is 2. The molecule has 0 saturated carbocycles. The van der Waals surface area contributed by atoms with E-state index in [0.717, 1.165) is 11.4 Å². The quantitative estimate of drug-likeness (QED) is 0.818. The Balaban J connectivity index is 2.26. The number of morpholine rings is 1. The lowest BCUT2D eigenvalue weighted by Crippen LogP contribution is -2.54. The third kappa shape index (κ3) is 2.73. The molecule has 0 amide bonds. The smallest absolute Gasteiger partial charge is 0.151 e. The minimum atomic E-state index is -0.315. The molecule has 3 N–H and O–H groups in total. The summed E-state index contributed by atoms with van der Waals surface area (Å²) in [5.74, 6) is 0.774. The van der Waals surface area contributed by atoms with Crippen LogP contribution in [0.25, 0.3) is 0 Å². The average Bonchev–Trinajstić information content (AvgIpc) is 2.26. The lowest BCUT2D eigenvalue weighted by atomic mass is 10.0. The number of aliphatic hydroxyl groups excluding tert-OH is 1. The van der Waals surface area contributed by atoms with Gasteiger partial charge in [0.25, 0.3) is 0 Å². The highest BCUT2D eigenvalue weighted by atomic mass is 16.5. The number of hydrogen-bond donors (Lipinski definition) is 2. The highest BCUT2D eigenvalue weighted by Crippen LogP contribution is 2.28. The number of pyridine rings is 1. The third-order valence-electron chi connectivity index (χ3n) is 3.02. The van der Waals surface area contributed by atoms with E-state index in [2.05, 4.69) is 9.88 Å². The molecule has 2 heterocycles. The van der Waals surface area contributed by atoms with Gasteiger partial charge in [0.2, 0.25) is 0 Å². The van der Waals surface area contributed by atoms with Crippen molar-refractivity contribution >= 4 is 11.5 Å². The van der Waals surface area contributed by atoms with Crippen LogP contribution in [0.5, 0.6) is 0 Å². The monoisotopic (exact) mass is 251 g/mol. The summed E-state index contributed by atoms with van der Waals surface area (Å²) in [6.45, 7) is 7.31. The zero-order valence-electron chi connectivity index (χ0n) is 11.2. The molecular formula is C13H21N3O2. The molecule has 1 aromatic heterocycles. The zero-order chi connectivity index (χ0) is 13.3. The fourth-order valence-corrected chi connectivity index (χ4v) is 2.40. The molecule has 1 aliphatic heterocycles. The molecule has 0 radical (unpaired) electrons. The minimum absolute atomic E-state index is 0.00565. The van der Waals surface area contributed by atoms with Crippen molar-refractivity contribution in [2.24, 2.45) is 0 Å². The van der Waals surface area contributed by atoms with E-state index in [-0.39, 0.29) is 18.3 Å². The fourth-order valence-electron chi connectivity index (χ4n) is 2.40. The predicted molar refractivity (Wildman–Crippen MR) is 71.6 cm³/mol. The predicted octanol–water partition coefficient (Wildman–Crippen LogP) is 0.948. The van der Waals surface area contributed by atoms with Crippen LogP contribution in [0.15, 0.2) is 12.3 Å². The van der Waals surface area contributed by atoms with Gasteiger partial charge in [-0.1, -0.05) is 0 Å².